The Balaban J connectivity index is 2.53. The molecule has 0 spiro atoms. The first-order valence-corrected chi connectivity index (χ1v) is 5.37. The minimum atomic E-state index is -0.475. The lowest BCUT2D eigenvalue weighted by atomic mass is 10.3. The van der Waals surface area contributed by atoms with E-state index in [2.05, 4.69) is 15.0 Å². The molecule has 2 aromatic rings. The fraction of sp³-hybridized carbons (Fsp3) is 0.250. The molecule has 0 atom stereocenters. The number of amides is 1. The summed E-state index contributed by atoms with van der Waals surface area (Å²) in [5.74, 6) is -0.627. The average molecular weight is 247 g/mol. The third-order valence-electron chi connectivity index (χ3n) is 2.56. The zero-order chi connectivity index (χ0) is 13.3. The summed E-state index contributed by atoms with van der Waals surface area (Å²) in [5, 5.41) is 2.67. The van der Waals surface area contributed by atoms with Gasteiger partial charge in [0, 0.05) is 13.1 Å². The summed E-state index contributed by atoms with van der Waals surface area (Å²) in [6.07, 6.45) is 1.71. The van der Waals surface area contributed by atoms with Crippen molar-refractivity contribution < 1.29 is 14.3 Å². The monoisotopic (exact) mass is 247 g/mol. The van der Waals surface area contributed by atoms with Gasteiger partial charge >= 0.3 is 5.97 Å². The van der Waals surface area contributed by atoms with E-state index in [0.29, 0.717) is 17.0 Å². The number of nitrogens with one attached hydrogen (secondary N) is 1. The molecule has 0 aromatic carbocycles. The lowest BCUT2D eigenvalue weighted by molar-refractivity contribution is -0.114. The molecule has 1 N–H and O–H groups in total. The second-order valence-electron chi connectivity index (χ2n) is 3.86. The van der Waals surface area contributed by atoms with Crippen LogP contribution in [0.4, 0.5) is 5.69 Å². The first kappa shape index (κ1) is 12.1. The van der Waals surface area contributed by atoms with E-state index in [9.17, 15) is 9.59 Å². The van der Waals surface area contributed by atoms with E-state index in [1.54, 1.807) is 29.7 Å². The summed E-state index contributed by atoms with van der Waals surface area (Å²) >= 11 is 0. The topological polar surface area (TPSA) is 72.7 Å². The van der Waals surface area contributed by atoms with E-state index in [1.807, 2.05) is 0 Å². The van der Waals surface area contributed by atoms with Crippen molar-refractivity contribution in [1.82, 2.24) is 9.38 Å². The van der Waals surface area contributed by atoms with Crippen molar-refractivity contribution in [3.63, 3.8) is 0 Å². The van der Waals surface area contributed by atoms with Crippen LogP contribution in [0.25, 0.3) is 5.65 Å². The molecule has 18 heavy (non-hydrogen) atoms. The summed E-state index contributed by atoms with van der Waals surface area (Å²) < 4.78 is 6.39. The summed E-state index contributed by atoms with van der Waals surface area (Å²) in [6.45, 7) is 3.20. The van der Waals surface area contributed by atoms with Gasteiger partial charge in [0.1, 0.15) is 5.65 Å². The first-order chi connectivity index (χ1) is 8.52. The number of methoxy groups -OCH3 is 1. The molecule has 0 aliphatic rings. The predicted octanol–water partition coefficient (Wildman–Crippen LogP) is 1.39. The van der Waals surface area contributed by atoms with Crippen molar-refractivity contribution in [2.24, 2.45) is 0 Å². The molecule has 0 fully saturated rings. The second-order valence-corrected chi connectivity index (χ2v) is 3.86. The molecular formula is C12H13N3O3. The number of pyridine rings is 1. The highest BCUT2D eigenvalue weighted by Crippen LogP contribution is 2.16. The van der Waals surface area contributed by atoms with Crippen molar-refractivity contribution in [3.8, 4) is 0 Å². The number of rotatable bonds is 2. The van der Waals surface area contributed by atoms with Crippen LogP contribution in [0.5, 0.6) is 0 Å². The number of aromatic nitrogens is 2. The Morgan fingerprint density at radius 3 is 2.72 bits per heavy atom. The molecule has 0 radical (unpaired) electrons. The minimum Gasteiger partial charge on any atom is -0.464 e. The Labute approximate surface area is 104 Å². The number of fused-ring (bicyclic) bond motifs is 1. The van der Waals surface area contributed by atoms with Gasteiger partial charge in [-0.1, -0.05) is 0 Å². The number of imidazole rings is 1. The maximum Gasteiger partial charge on any atom is 0.358 e. The van der Waals surface area contributed by atoms with Crippen LogP contribution >= 0.6 is 0 Å². The van der Waals surface area contributed by atoms with E-state index in [-0.39, 0.29) is 11.6 Å². The summed E-state index contributed by atoms with van der Waals surface area (Å²) in [4.78, 5) is 26.7. The van der Waals surface area contributed by atoms with Crippen LogP contribution in [0.1, 0.15) is 23.1 Å². The molecule has 1 amide bonds. The van der Waals surface area contributed by atoms with E-state index in [4.69, 9.17) is 0 Å². The van der Waals surface area contributed by atoms with Gasteiger partial charge < -0.3 is 14.5 Å². The molecule has 0 aliphatic heterocycles. The standard InChI is InChI=1S/C12H13N3O3/c1-7-11(12(17)18-3)14-10-5-4-9(6-15(7)10)13-8(2)16/h4-6H,1-3H3,(H,13,16). The number of ether oxygens (including phenoxy) is 1. The number of esters is 1. The highest BCUT2D eigenvalue weighted by atomic mass is 16.5. The first-order valence-electron chi connectivity index (χ1n) is 5.37. The Hall–Kier alpha value is -2.37. The van der Waals surface area contributed by atoms with E-state index < -0.39 is 5.97 Å². The van der Waals surface area contributed by atoms with E-state index >= 15 is 0 Å². The number of hydrogen-bond acceptors (Lipinski definition) is 4. The molecule has 0 saturated carbocycles. The highest BCUT2D eigenvalue weighted by molar-refractivity contribution is 5.90. The van der Waals surface area contributed by atoms with Crippen LogP contribution < -0.4 is 5.32 Å². The lowest BCUT2D eigenvalue weighted by Gasteiger charge is -2.03. The fourth-order valence-corrected chi connectivity index (χ4v) is 1.73. The van der Waals surface area contributed by atoms with Gasteiger partial charge in [-0.2, -0.15) is 0 Å². The van der Waals surface area contributed by atoms with Gasteiger partial charge in [-0.25, -0.2) is 9.78 Å². The van der Waals surface area contributed by atoms with Gasteiger partial charge in [-0.05, 0) is 19.1 Å². The zero-order valence-corrected chi connectivity index (χ0v) is 10.4. The maximum atomic E-state index is 11.5. The van der Waals surface area contributed by atoms with Crippen LogP contribution in [0.15, 0.2) is 18.3 Å². The molecule has 2 aromatic heterocycles. The molecule has 0 unspecified atom stereocenters. The number of nitrogens with zero attached hydrogens (tertiary/aromatic N) is 2. The van der Waals surface area contributed by atoms with Crippen molar-refractivity contribution >= 4 is 23.2 Å². The normalized spacial score (nSPS) is 10.4. The van der Waals surface area contributed by atoms with Gasteiger partial charge in [-0.15, -0.1) is 0 Å². The molecule has 6 heteroatoms. The lowest BCUT2D eigenvalue weighted by Crippen LogP contribution is -2.06. The second kappa shape index (κ2) is 4.48. The number of hydrogen-bond donors (Lipinski definition) is 1. The summed E-state index contributed by atoms with van der Waals surface area (Å²) in [6, 6.07) is 3.45. The Morgan fingerprint density at radius 2 is 2.11 bits per heavy atom. The third kappa shape index (κ3) is 2.04. The van der Waals surface area contributed by atoms with E-state index in [0.717, 1.165) is 0 Å². The largest absolute Gasteiger partial charge is 0.464 e. The smallest absolute Gasteiger partial charge is 0.358 e. The van der Waals surface area contributed by atoms with Crippen molar-refractivity contribution in [3.05, 3.63) is 29.7 Å². The molecule has 2 rings (SSSR count). The van der Waals surface area contributed by atoms with Crippen molar-refractivity contribution in [2.75, 3.05) is 12.4 Å². The van der Waals surface area contributed by atoms with Crippen LogP contribution in [0.2, 0.25) is 0 Å². The molecule has 0 saturated heterocycles. The van der Waals surface area contributed by atoms with Gasteiger partial charge in [-0.3, -0.25) is 4.79 Å². The molecule has 0 aliphatic carbocycles. The van der Waals surface area contributed by atoms with Gasteiger partial charge in [0.2, 0.25) is 5.91 Å². The summed E-state index contributed by atoms with van der Waals surface area (Å²) in [5.41, 5.74) is 2.22. The van der Waals surface area contributed by atoms with Crippen LogP contribution in [-0.4, -0.2) is 28.4 Å². The molecule has 94 valence electrons. The van der Waals surface area contributed by atoms with Crippen LogP contribution in [0.3, 0.4) is 0 Å². The number of carbonyl (C=O) groups excluding carboxylic acids is 2. The highest BCUT2D eigenvalue weighted by Gasteiger charge is 2.16. The SMILES string of the molecule is COC(=O)c1nc2ccc(NC(C)=O)cn2c1C. The quantitative estimate of drug-likeness (QED) is 0.814. The van der Waals surface area contributed by atoms with Crippen molar-refractivity contribution in [1.29, 1.82) is 0 Å². The average Bonchev–Trinajstić information content (AvgIpc) is 2.65. The summed E-state index contributed by atoms with van der Waals surface area (Å²) in [7, 11) is 1.31. The Bertz CT molecular complexity index is 631. The van der Waals surface area contributed by atoms with Crippen LogP contribution in [-0.2, 0) is 9.53 Å². The molecule has 0 bridgehead atoms. The predicted molar refractivity (Wildman–Crippen MR) is 65.6 cm³/mol. The Morgan fingerprint density at radius 1 is 1.39 bits per heavy atom. The number of aryl methyl sites for hydroxylation is 1. The number of anilines is 1. The third-order valence-corrected chi connectivity index (χ3v) is 2.56. The Kier molecular flexibility index (Phi) is 3.01. The molecule has 6 nitrogen and oxygen atoms in total. The number of carbonyl (C=O) groups is 2. The molecular weight excluding hydrogens is 234 g/mol. The van der Waals surface area contributed by atoms with Gasteiger partial charge in [0.05, 0.1) is 18.5 Å². The molecule has 2 heterocycles. The van der Waals surface area contributed by atoms with Gasteiger partial charge in [0.15, 0.2) is 5.69 Å². The fourth-order valence-electron chi connectivity index (χ4n) is 1.73. The zero-order valence-electron chi connectivity index (χ0n) is 10.4. The maximum absolute atomic E-state index is 11.5. The van der Waals surface area contributed by atoms with Crippen LogP contribution in [0, 0.1) is 6.92 Å². The van der Waals surface area contributed by atoms with Crippen molar-refractivity contribution in [2.45, 2.75) is 13.8 Å². The van der Waals surface area contributed by atoms with E-state index in [1.165, 1.54) is 14.0 Å². The van der Waals surface area contributed by atoms with Gasteiger partial charge in [0.25, 0.3) is 0 Å². The minimum absolute atomic E-state index is 0.152.